The Balaban J connectivity index is 1.41. The Morgan fingerprint density at radius 1 is 1.23 bits per heavy atom. The maximum atomic E-state index is 13.7. The Morgan fingerprint density at radius 3 is 2.93 bits per heavy atom. The highest BCUT2D eigenvalue weighted by Crippen LogP contribution is 2.30. The van der Waals surface area contributed by atoms with Gasteiger partial charge in [0.15, 0.2) is 0 Å². The highest BCUT2D eigenvalue weighted by Gasteiger charge is 2.25. The fraction of sp³-hybridized carbons (Fsp3) is 0.174. The van der Waals surface area contributed by atoms with Gasteiger partial charge in [-0.2, -0.15) is 5.10 Å². The maximum Gasteiger partial charge on any atom is 0.257 e. The van der Waals surface area contributed by atoms with Gasteiger partial charge in [0.2, 0.25) is 0 Å². The number of nitrogens with one attached hydrogen (secondary N) is 1. The molecular formula is C23H20FN5O. The first kappa shape index (κ1) is 18.3. The van der Waals surface area contributed by atoms with E-state index >= 15 is 0 Å². The van der Waals surface area contributed by atoms with Crippen LogP contribution in [0.15, 0.2) is 61.1 Å². The summed E-state index contributed by atoms with van der Waals surface area (Å²) in [7, 11) is 1.76. The Hall–Kier alpha value is -3.74. The molecule has 4 aromatic rings. The molecule has 4 heterocycles. The van der Waals surface area contributed by atoms with E-state index in [2.05, 4.69) is 21.1 Å². The number of hydrogen-bond acceptors (Lipinski definition) is 3. The molecule has 0 bridgehead atoms. The lowest BCUT2D eigenvalue weighted by Crippen LogP contribution is -2.34. The highest BCUT2D eigenvalue weighted by atomic mass is 19.1. The smallest absolute Gasteiger partial charge is 0.257 e. The van der Waals surface area contributed by atoms with Crippen molar-refractivity contribution in [3.63, 3.8) is 0 Å². The molecule has 1 amide bonds. The summed E-state index contributed by atoms with van der Waals surface area (Å²) in [5.41, 5.74) is 4.78. The molecule has 0 radical (unpaired) electrons. The number of pyridine rings is 1. The van der Waals surface area contributed by atoms with Gasteiger partial charge >= 0.3 is 0 Å². The van der Waals surface area contributed by atoms with Crippen LogP contribution in [0.5, 0.6) is 0 Å². The molecule has 0 aliphatic carbocycles. The third kappa shape index (κ3) is 3.18. The fourth-order valence-corrected chi connectivity index (χ4v) is 3.98. The molecule has 150 valence electrons. The van der Waals surface area contributed by atoms with Gasteiger partial charge in [-0.05, 0) is 36.3 Å². The third-order valence-electron chi connectivity index (χ3n) is 5.45. The molecule has 0 spiro atoms. The van der Waals surface area contributed by atoms with Crippen LogP contribution in [-0.2, 0) is 7.05 Å². The van der Waals surface area contributed by atoms with Crippen molar-refractivity contribution in [2.75, 3.05) is 13.1 Å². The van der Waals surface area contributed by atoms with E-state index in [0.717, 1.165) is 23.0 Å². The SMILES string of the molecule is Cn1cc(C(=O)N2CC=C(c3c[nH]c4ncccc34)CC2)c(-c2cccc(F)c2)n1. The minimum atomic E-state index is -0.352. The number of aryl methyl sites for hydroxylation is 1. The number of hydrogen-bond donors (Lipinski definition) is 1. The van der Waals surface area contributed by atoms with E-state index in [1.54, 1.807) is 41.2 Å². The lowest BCUT2D eigenvalue weighted by Gasteiger charge is -2.26. The fourth-order valence-electron chi connectivity index (χ4n) is 3.98. The number of carbonyl (C=O) groups excluding carboxylic acids is 1. The first-order valence-electron chi connectivity index (χ1n) is 9.80. The van der Waals surface area contributed by atoms with E-state index in [-0.39, 0.29) is 11.7 Å². The molecule has 1 aliphatic rings. The number of carbonyl (C=O) groups is 1. The Morgan fingerprint density at radius 2 is 2.13 bits per heavy atom. The second-order valence-electron chi connectivity index (χ2n) is 7.41. The molecule has 1 aliphatic heterocycles. The molecule has 0 saturated heterocycles. The van der Waals surface area contributed by atoms with Crippen LogP contribution in [0.25, 0.3) is 27.9 Å². The van der Waals surface area contributed by atoms with Gasteiger partial charge in [0, 0.05) is 55.2 Å². The summed E-state index contributed by atoms with van der Waals surface area (Å²) < 4.78 is 15.3. The van der Waals surface area contributed by atoms with Gasteiger partial charge in [-0.3, -0.25) is 9.48 Å². The van der Waals surface area contributed by atoms with Crippen molar-refractivity contribution in [1.82, 2.24) is 24.6 Å². The molecule has 0 unspecified atom stereocenters. The van der Waals surface area contributed by atoms with Crippen LogP contribution in [0.1, 0.15) is 22.3 Å². The van der Waals surface area contributed by atoms with Crippen molar-refractivity contribution in [1.29, 1.82) is 0 Å². The summed E-state index contributed by atoms with van der Waals surface area (Å²) in [5, 5.41) is 5.49. The van der Waals surface area contributed by atoms with E-state index < -0.39 is 0 Å². The van der Waals surface area contributed by atoms with E-state index in [4.69, 9.17) is 0 Å². The second-order valence-corrected chi connectivity index (χ2v) is 7.41. The Labute approximate surface area is 172 Å². The summed E-state index contributed by atoms with van der Waals surface area (Å²) in [5.74, 6) is -0.450. The van der Waals surface area contributed by atoms with Gasteiger partial charge in [0.1, 0.15) is 17.2 Å². The molecule has 0 saturated carbocycles. The van der Waals surface area contributed by atoms with Crippen molar-refractivity contribution in [2.45, 2.75) is 6.42 Å². The predicted octanol–water partition coefficient (Wildman–Crippen LogP) is 4.03. The molecule has 3 aromatic heterocycles. The number of amides is 1. The monoisotopic (exact) mass is 401 g/mol. The van der Waals surface area contributed by atoms with Crippen molar-refractivity contribution in [3.05, 3.63) is 78.0 Å². The topological polar surface area (TPSA) is 66.8 Å². The zero-order chi connectivity index (χ0) is 20.7. The van der Waals surface area contributed by atoms with Crippen molar-refractivity contribution >= 4 is 22.5 Å². The van der Waals surface area contributed by atoms with Gasteiger partial charge in [-0.1, -0.05) is 18.2 Å². The number of aromatic amines is 1. The van der Waals surface area contributed by atoms with Crippen LogP contribution in [0.3, 0.4) is 0 Å². The molecule has 0 fully saturated rings. The van der Waals surface area contributed by atoms with Crippen LogP contribution >= 0.6 is 0 Å². The first-order valence-corrected chi connectivity index (χ1v) is 9.80. The van der Waals surface area contributed by atoms with E-state index in [9.17, 15) is 9.18 Å². The molecule has 5 rings (SSSR count). The zero-order valence-electron chi connectivity index (χ0n) is 16.5. The molecule has 6 nitrogen and oxygen atoms in total. The summed E-state index contributed by atoms with van der Waals surface area (Å²) >= 11 is 0. The minimum Gasteiger partial charge on any atom is -0.346 e. The van der Waals surface area contributed by atoms with Gasteiger partial charge < -0.3 is 9.88 Å². The molecule has 1 aromatic carbocycles. The van der Waals surface area contributed by atoms with Gasteiger partial charge in [0.05, 0.1) is 5.56 Å². The minimum absolute atomic E-state index is 0.0988. The number of nitrogens with zero attached hydrogens (tertiary/aromatic N) is 4. The van der Waals surface area contributed by atoms with Crippen molar-refractivity contribution < 1.29 is 9.18 Å². The largest absolute Gasteiger partial charge is 0.346 e. The van der Waals surface area contributed by atoms with Gasteiger partial charge in [0.25, 0.3) is 5.91 Å². The summed E-state index contributed by atoms with van der Waals surface area (Å²) in [6.07, 6.45) is 8.29. The highest BCUT2D eigenvalue weighted by molar-refractivity contribution is 6.00. The summed E-state index contributed by atoms with van der Waals surface area (Å²) in [4.78, 5) is 22.6. The van der Waals surface area contributed by atoms with Gasteiger partial charge in [-0.25, -0.2) is 9.37 Å². The average Bonchev–Trinajstić information content (AvgIpc) is 3.37. The number of aromatic nitrogens is 4. The van der Waals surface area contributed by atoms with Crippen LogP contribution < -0.4 is 0 Å². The predicted molar refractivity (Wildman–Crippen MR) is 113 cm³/mol. The first-order chi connectivity index (χ1) is 14.6. The van der Waals surface area contributed by atoms with E-state index in [0.29, 0.717) is 29.9 Å². The molecule has 0 atom stereocenters. The molecular weight excluding hydrogens is 381 g/mol. The number of rotatable bonds is 3. The lowest BCUT2D eigenvalue weighted by molar-refractivity contribution is 0.0773. The van der Waals surface area contributed by atoms with E-state index in [1.165, 1.54) is 17.7 Å². The average molecular weight is 401 g/mol. The number of benzene rings is 1. The van der Waals surface area contributed by atoms with E-state index in [1.807, 2.05) is 18.3 Å². The Kier molecular flexibility index (Phi) is 4.43. The maximum absolute atomic E-state index is 13.7. The number of H-pyrrole nitrogens is 1. The van der Waals surface area contributed by atoms with Gasteiger partial charge in [-0.15, -0.1) is 0 Å². The summed E-state index contributed by atoms with van der Waals surface area (Å²) in [6, 6.07) is 10.1. The van der Waals surface area contributed by atoms with Crippen LogP contribution in [-0.4, -0.2) is 43.6 Å². The second kappa shape index (κ2) is 7.26. The molecule has 30 heavy (non-hydrogen) atoms. The zero-order valence-corrected chi connectivity index (χ0v) is 16.5. The Bertz CT molecular complexity index is 1290. The summed E-state index contributed by atoms with van der Waals surface area (Å²) in [6.45, 7) is 1.12. The van der Waals surface area contributed by atoms with Crippen LogP contribution in [0, 0.1) is 5.82 Å². The standard InChI is InChI=1S/C23H20FN5O/c1-28-14-20(21(27-28)16-4-2-5-17(24)12-16)23(30)29-10-7-15(8-11-29)19-13-26-22-18(19)6-3-9-25-22/h2-7,9,12-14H,8,10-11H2,1H3,(H,25,26). The van der Waals surface area contributed by atoms with Crippen LogP contribution in [0.4, 0.5) is 4.39 Å². The normalized spacial score (nSPS) is 14.2. The lowest BCUT2D eigenvalue weighted by atomic mass is 9.99. The van der Waals surface area contributed by atoms with Crippen LogP contribution in [0.2, 0.25) is 0 Å². The number of halogens is 1. The molecule has 1 N–H and O–H groups in total. The third-order valence-corrected chi connectivity index (χ3v) is 5.45. The number of fused-ring (bicyclic) bond motifs is 1. The quantitative estimate of drug-likeness (QED) is 0.564. The molecule has 7 heteroatoms. The van der Waals surface area contributed by atoms with Crippen molar-refractivity contribution in [2.24, 2.45) is 7.05 Å². The van der Waals surface area contributed by atoms with Crippen molar-refractivity contribution in [3.8, 4) is 11.3 Å².